The summed E-state index contributed by atoms with van der Waals surface area (Å²) in [5, 5.41) is 13.8. The van der Waals surface area contributed by atoms with Gasteiger partial charge in [0.15, 0.2) is 6.04 Å². The smallest absolute Gasteiger partial charge is 0.363 e. The second-order valence-electron chi connectivity index (χ2n) is 8.26. The number of alkyl halides is 3. The van der Waals surface area contributed by atoms with Crippen LogP contribution < -0.4 is 10.6 Å². The lowest BCUT2D eigenvalue weighted by Crippen LogP contribution is -2.36. The molecule has 1 amide bonds. The van der Waals surface area contributed by atoms with Crippen LogP contribution in [-0.4, -0.2) is 31.6 Å². The number of halogens is 4. The van der Waals surface area contributed by atoms with Crippen molar-refractivity contribution in [2.75, 3.05) is 10.6 Å². The molecule has 1 aliphatic rings. The normalized spacial score (nSPS) is 17.5. The van der Waals surface area contributed by atoms with Crippen LogP contribution in [0.4, 0.5) is 29.1 Å². The third kappa shape index (κ3) is 4.75. The number of hydrogen-bond acceptors (Lipinski definition) is 4. The SMILES string of the molecule is O=C(Nc1cnn(Cc2ccc(F)cc2)c1)c1cnn2c1N[C@H](c1ccccc1)C[C@@H]2C(F)(F)F. The molecule has 0 saturated carbocycles. The Labute approximate surface area is 197 Å². The summed E-state index contributed by atoms with van der Waals surface area (Å²) in [5.74, 6) is -0.957. The predicted molar refractivity (Wildman–Crippen MR) is 120 cm³/mol. The summed E-state index contributed by atoms with van der Waals surface area (Å²) in [5.41, 5.74) is 1.85. The van der Waals surface area contributed by atoms with Gasteiger partial charge in [0, 0.05) is 12.6 Å². The third-order valence-electron chi connectivity index (χ3n) is 5.83. The van der Waals surface area contributed by atoms with Gasteiger partial charge in [0.25, 0.3) is 5.91 Å². The van der Waals surface area contributed by atoms with Crippen LogP contribution in [0.3, 0.4) is 0 Å². The van der Waals surface area contributed by atoms with E-state index in [1.54, 1.807) is 53.3 Å². The van der Waals surface area contributed by atoms with Crippen molar-refractivity contribution >= 4 is 17.4 Å². The van der Waals surface area contributed by atoms with E-state index in [1.807, 2.05) is 0 Å². The molecule has 1 aliphatic heterocycles. The van der Waals surface area contributed by atoms with E-state index in [0.29, 0.717) is 17.8 Å². The van der Waals surface area contributed by atoms with Gasteiger partial charge < -0.3 is 10.6 Å². The van der Waals surface area contributed by atoms with Gasteiger partial charge in [0.1, 0.15) is 17.2 Å². The van der Waals surface area contributed by atoms with Crippen molar-refractivity contribution in [2.24, 2.45) is 0 Å². The summed E-state index contributed by atoms with van der Waals surface area (Å²) in [6, 6.07) is 12.2. The van der Waals surface area contributed by atoms with Crippen LogP contribution in [0.15, 0.2) is 73.2 Å². The van der Waals surface area contributed by atoms with Crippen LogP contribution in [0.5, 0.6) is 0 Å². The minimum Gasteiger partial charge on any atom is -0.363 e. The van der Waals surface area contributed by atoms with Crippen molar-refractivity contribution < 1.29 is 22.4 Å². The first kappa shape index (κ1) is 22.6. The van der Waals surface area contributed by atoms with Crippen molar-refractivity contribution in [3.63, 3.8) is 0 Å². The van der Waals surface area contributed by atoms with Gasteiger partial charge in [-0.1, -0.05) is 42.5 Å². The second kappa shape index (κ2) is 8.90. The Morgan fingerprint density at radius 3 is 2.51 bits per heavy atom. The largest absolute Gasteiger partial charge is 0.410 e. The Morgan fingerprint density at radius 2 is 1.80 bits per heavy atom. The number of fused-ring (bicyclic) bond motifs is 1. The van der Waals surface area contributed by atoms with Crippen LogP contribution in [0.2, 0.25) is 0 Å². The number of rotatable bonds is 5. The third-order valence-corrected chi connectivity index (χ3v) is 5.83. The maximum atomic E-state index is 13.8. The second-order valence-corrected chi connectivity index (χ2v) is 8.26. The molecule has 0 spiro atoms. The number of amides is 1. The molecule has 0 unspecified atom stereocenters. The zero-order valence-electron chi connectivity index (χ0n) is 18.2. The van der Waals surface area contributed by atoms with Crippen LogP contribution in [0.1, 0.15) is 40.0 Å². The van der Waals surface area contributed by atoms with Gasteiger partial charge >= 0.3 is 6.18 Å². The fraction of sp³-hybridized carbons (Fsp3) is 0.208. The zero-order chi connectivity index (χ0) is 24.6. The number of nitrogens with one attached hydrogen (secondary N) is 2. The van der Waals surface area contributed by atoms with E-state index in [4.69, 9.17) is 0 Å². The highest BCUT2D eigenvalue weighted by Crippen LogP contribution is 2.44. The highest BCUT2D eigenvalue weighted by molar-refractivity contribution is 6.07. The van der Waals surface area contributed by atoms with Gasteiger partial charge in [-0.05, 0) is 23.3 Å². The lowest BCUT2D eigenvalue weighted by atomic mass is 9.96. The maximum absolute atomic E-state index is 13.8. The van der Waals surface area contributed by atoms with Crippen LogP contribution >= 0.6 is 0 Å². The van der Waals surface area contributed by atoms with E-state index < -0.39 is 24.2 Å². The first-order valence-corrected chi connectivity index (χ1v) is 10.8. The van der Waals surface area contributed by atoms with Crippen molar-refractivity contribution in [3.8, 4) is 0 Å². The number of nitrogens with zero attached hydrogens (tertiary/aromatic N) is 4. The highest BCUT2D eigenvalue weighted by atomic mass is 19.4. The van der Waals surface area contributed by atoms with Crippen molar-refractivity contribution in [2.45, 2.75) is 31.2 Å². The molecule has 35 heavy (non-hydrogen) atoms. The molecule has 2 N–H and O–H groups in total. The molecule has 2 aromatic carbocycles. The summed E-state index contributed by atoms with van der Waals surface area (Å²) in [6.45, 7) is 0.354. The molecular formula is C24H20F4N6O. The van der Waals surface area contributed by atoms with E-state index in [2.05, 4.69) is 20.8 Å². The molecule has 0 bridgehead atoms. The number of hydrogen-bond donors (Lipinski definition) is 2. The van der Waals surface area contributed by atoms with Gasteiger partial charge in [-0.2, -0.15) is 23.4 Å². The van der Waals surface area contributed by atoms with Gasteiger partial charge in [-0.3, -0.25) is 9.48 Å². The van der Waals surface area contributed by atoms with E-state index in [9.17, 15) is 22.4 Å². The number of carbonyl (C=O) groups is 1. The quantitative estimate of drug-likeness (QED) is 0.383. The van der Waals surface area contributed by atoms with E-state index in [-0.39, 0.29) is 23.6 Å². The Morgan fingerprint density at radius 1 is 1.06 bits per heavy atom. The summed E-state index contributed by atoms with van der Waals surface area (Å²) in [4.78, 5) is 13.0. The van der Waals surface area contributed by atoms with Gasteiger partial charge in [-0.15, -0.1) is 0 Å². The molecule has 4 aromatic rings. The Balaban J connectivity index is 1.37. The van der Waals surface area contributed by atoms with Crippen molar-refractivity contribution in [3.05, 3.63) is 95.7 Å². The molecule has 0 saturated heterocycles. The van der Waals surface area contributed by atoms with Crippen LogP contribution in [0, 0.1) is 5.82 Å². The molecular weight excluding hydrogens is 464 g/mol. The molecule has 0 aliphatic carbocycles. The fourth-order valence-electron chi connectivity index (χ4n) is 4.12. The summed E-state index contributed by atoms with van der Waals surface area (Å²) < 4.78 is 57.0. The average molecular weight is 484 g/mol. The van der Waals surface area contributed by atoms with Crippen molar-refractivity contribution in [1.29, 1.82) is 0 Å². The van der Waals surface area contributed by atoms with Gasteiger partial charge in [0.2, 0.25) is 0 Å². The fourth-order valence-corrected chi connectivity index (χ4v) is 4.12. The minimum absolute atomic E-state index is 0.00336. The van der Waals surface area contributed by atoms with E-state index >= 15 is 0 Å². The maximum Gasteiger partial charge on any atom is 0.410 e. The lowest BCUT2D eigenvalue weighted by Gasteiger charge is -2.34. The van der Waals surface area contributed by atoms with E-state index in [0.717, 1.165) is 16.4 Å². The molecule has 0 radical (unpaired) electrons. The number of benzene rings is 2. The average Bonchev–Trinajstić information content (AvgIpc) is 3.46. The lowest BCUT2D eigenvalue weighted by molar-refractivity contribution is -0.173. The van der Waals surface area contributed by atoms with Crippen LogP contribution in [-0.2, 0) is 6.54 Å². The topological polar surface area (TPSA) is 76.8 Å². The molecule has 3 heterocycles. The first-order valence-electron chi connectivity index (χ1n) is 10.8. The first-order chi connectivity index (χ1) is 16.8. The molecule has 2 aromatic heterocycles. The number of anilines is 2. The van der Waals surface area contributed by atoms with Gasteiger partial charge in [0.05, 0.1) is 30.7 Å². The minimum atomic E-state index is -4.54. The summed E-state index contributed by atoms with van der Waals surface area (Å²) in [7, 11) is 0. The molecule has 5 rings (SSSR count). The number of aromatic nitrogens is 4. The highest BCUT2D eigenvalue weighted by Gasteiger charge is 2.47. The molecule has 7 nitrogen and oxygen atoms in total. The Hall–Kier alpha value is -4.15. The standard InChI is InChI=1S/C24H20F4N6O/c25-17-8-6-15(7-9-17)13-33-14-18(11-29-33)31-23(35)19-12-30-34-21(24(26,27)28)10-20(32-22(19)34)16-4-2-1-3-5-16/h1-9,11-12,14,20-21,32H,10,13H2,(H,31,35)/t20-,21+/m0/s1. The van der Waals surface area contributed by atoms with Gasteiger partial charge in [-0.25, -0.2) is 9.07 Å². The monoisotopic (exact) mass is 484 g/mol. The Bertz CT molecular complexity index is 1330. The molecule has 180 valence electrons. The van der Waals surface area contributed by atoms with Crippen LogP contribution in [0.25, 0.3) is 0 Å². The summed E-state index contributed by atoms with van der Waals surface area (Å²) >= 11 is 0. The predicted octanol–water partition coefficient (Wildman–Crippen LogP) is 5.18. The Kier molecular flexibility index (Phi) is 5.75. The number of carbonyl (C=O) groups excluding carboxylic acids is 1. The molecule has 0 fully saturated rings. The van der Waals surface area contributed by atoms with Crippen molar-refractivity contribution in [1.82, 2.24) is 19.6 Å². The summed E-state index contributed by atoms with van der Waals surface area (Å²) in [6.07, 6.45) is -0.649. The molecule has 11 heteroatoms. The zero-order valence-corrected chi connectivity index (χ0v) is 18.2. The van der Waals surface area contributed by atoms with E-state index in [1.165, 1.54) is 18.3 Å². The molecule has 2 atom stereocenters.